The Morgan fingerprint density at radius 2 is 2.03 bits per heavy atom. The van der Waals surface area contributed by atoms with Crippen molar-refractivity contribution in [3.8, 4) is 0 Å². The first-order valence-electron chi connectivity index (χ1n) is 11.6. The summed E-state index contributed by atoms with van der Waals surface area (Å²) < 4.78 is 33.5. The van der Waals surface area contributed by atoms with Crippen molar-refractivity contribution in [1.29, 1.82) is 0 Å². The van der Waals surface area contributed by atoms with E-state index in [1.54, 1.807) is 15.9 Å². The number of aliphatic carboxylic acids is 1. The van der Waals surface area contributed by atoms with Crippen LogP contribution in [0, 0.1) is 6.92 Å². The fourth-order valence-electron chi connectivity index (χ4n) is 4.50. The molecule has 2 N–H and O–H groups in total. The smallest absolute Gasteiger partial charge is 0.475 e. The molecule has 0 saturated carbocycles. The maximum Gasteiger partial charge on any atom is 0.490 e. The van der Waals surface area contributed by atoms with Crippen LogP contribution in [0.3, 0.4) is 0 Å². The molecule has 3 aromatic rings. The van der Waals surface area contributed by atoms with Crippen LogP contribution in [0.5, 0.6) is 0 Å². The summed E-state index contributed by atoms with van der Waals surface area (Å²) in [4.78, 5) is 32.2. The van der Waals surface area contributed by atoms with Gasteiger partial charge >= 0.3 is 17.8 Å². The van der Waals surface area contributed by atoms with Gasteiger partial charge in [-0.1, -0.05) is 23.7 Å². The first kappa shape index (κ1) is 28.3. The van der Waals surface area contributed by atoms with Crippen LogP contribution in [0.2, 0.25) is 5.02 Å². The minimum atomic E-state index is -5.08. The van der Waals surface area contributed by atoms with Gasteiger partial charge in [0.2, 0.25) is 0 Å². The molecule has 2 atom stereocenters. The molecular formula is C25H24ClF3N4O3S2. The number of carbonyl (C=O) groups is 1. The molecule has 13 heteroatoms. The third-order valence-corrected chi connectivity index (χ3v) is 8.05. The lowest BCUT2D eigenvalue weighted by molar-refractivity contribution is -0.192. The summed E-state index contributed by atoms with van der Waals surface area (Å²) in [5, 5.41) is 13.1. The number of hydrogen-bond acceptors (Lipinski definition) is 7. The second-order valence-corrected chi connectivity index (χ2v) is 11.2. The average Bonchev–Trinajstić information content (AvgIpc) is 3.47. The van der Waals surface area contributed by atoms with Crippen molar-refractivity contribution in [2.75, 3.05) is 12.8 Å². The number of alkyl halides is 3. The Hall–Kier alpha value is -2.67. The lowest BCUT2D eigenvalue weighted by atomic mass is 9.87. The Labute approximate surface area is 229 Å². The fourth-order valence-corrected chi connectivity index (χ4v) is 6.12. The molecule has 1 aliphatic carbocycles. The molecule has 7 nitrogen and oxygen atoms in total. The topological polar surface area (TPSA) is 97.1 Å². The predicted octanol–water partition coefficient (Wildman–Crippen LogP) is 5.43. The number of nitrogens with zero attached hydrogens (tertiary/aromatic N) is 3. The number of thiazole rings is 1. The van der Waals surface area contributed by atoms with E-state index in [0.29, 0.717) is 17.6 Å². The molecule has 0 bridgehead atoms. The van der Waals surface area contributed by atoms with E-state index in [-0.39, 0.29) is 11.6 Å². The van der Waals surface area contributed by atoms with E-state index in [1.165, 1.54) is 11.8 Å². The van der Waals surface area contributed by atoms with Gasteiger partial charge in [0.25, 0.3) is 0 Å². The molecule has 0 radical (unpaired) electrons. The van der Waals surface area contributed by atoms with Gasteiger partial charge < -0.3 is 10.4 Å². The van der Waals surface area contributed by atoms with Crippen LogP contribution in [0.15, 0.2) is 34.2 Å². The van der Waals surface area contributed by atoms with E-state index in [0.717, 1.165) is 56.7 Å². The summed E-state index contributed by atoms with van der Waals surface area (Å²) >= 11 is 9.51. The summed E-state index contributed by atoms with van der Waals surface area (Å²) in [7, 11) is 0. The standard InChI is InChI=1S/C23H23ClN4OS2.C2HF3O2/c1-13-26-21-19(31-13)8-5-14-10-15(24)6-7-17(14)20(21)18-12-28(11-16-4-3-9-25-16)23(29)27-22(18)30-2;3-2(4,5)1(6)7/h5-8,10,12,16,20,25H,3-4,9,11H2,1-2H3;(H,6,7)/t16-,20?;/m0./s1. The van der Waals surface area contributed by atoms with Crippen molar-refractivity contribution < 1.29 is 23.1 Å². The number of nitrogens with one attached hydrogen (secondary N) is 1. The Morgan fingerprint density at radius 3 is 2.66 bits per heavy atom. The number of rotatable bonds is 4. The minimum Gasteiger partial charge on any atom is -0.475 e. The molecule has 2 aromatic heterocycles. The number of carboxylic acids is 1. The van der Waals surface area contributed by atoms with Crippen LogP contribution in [0.25, 0.3) is 12.2 Å². The summed E-state index contributed by atoms with van der Waals surface area (Å²) in [6.07, 6.45) is 5.36. The quantitative estimate of drug-likeness (QED) is 0.244. The van der Waals surface area contributed by atoms with E-state index in [9.17, 15) is 18.0 Å². The fraction of sp³-hybridized carbons (Fsp3) is 0.360. The van der Waals surface area contributed by atoms with Gasteiger partial charge in [0.15, 0.2) is 0 Å². The Bertz CT molecular complexity index is 1430. The van der Waals surface area contributed by atoms with Gasteiger partial charge in [0.05, 0.1) is 21.5 Å². The summed E-state index contributed by atoms with van der Waals surface area (Å²) in [5.74, 6) is -2.87. The van der Waals surface area contributed by atoms with Crippen LogP contribution in [0.1, 0.15) is 51.0 Å². The number of thioether (sulfide) groups is 1. The van der Waals surface area contributed by atoms with Crippen molar-refractivity contribution in [3.63, 3.8) is 0 Å². The predicted molar refractivity (Wildman–Crippen MR) is 143 cm³/mol. The van der Waals surface area contributed by atoms with Gasteiger partial charge in [0.1, 0.15) is 5.03 Å². The number of benzene rings is 1. The number of halogens is 4. The highest BCUT2D eigenvalue weighted by molar-refractivity contribution is 7.98. The van der Waals surface area contributed by atoms with Crippen LogP contribution in [-0.4, -0.2) is 50.6 Å². The van der Waals surface area contributed by atoms with Crippen molar-refractivity contribution in [1.82, 2.24) is 19.9 Å². The van der Waals surface area contributed by atoms with Gasteiger partial charge in [0, 0.05) is 29.4 Å². The zero-order chi connectivity index (χ0) is 27.6. The van der Waals surface area contributed by atoms with Gasteiger partial charge in [-0.05, 0) is 61.9 Å². The second kappa shape index (κ2) is 11.6. The van der Waals surface area contributed by atoms with Gasteiger partial charge in [-0.25, -0.2) is 14.6 Å². The second-order valence-electron chi connectivity index (χ2n) is 8.76. The molecule has 38 heavy (non-hydrogen) atoms. The first-order chi connectivity index (χ1) is 18.0. The lowest BCUT2D eigenvalue weighted by Crippen LogP contribution is -2.34. The minimum absolute atomic E-state index is 0.111. The van der Waals surface area contributed by atoms with E-state index < -0.39 is 12.1 Å². The zero-order valence-corrected chi connectivity index (χ0v) is 22.8. The third-order valence-electron chi connectivity index (χ3n) is 6.15. The van der Waals surface area contributed by atoms with Gasteiger partial charge in [-0.15, -0.1) is 23.1 Å². The van der Waals surface area contributed by atoms with Crippen LogP contribution >= 0.6 is 34.7 Å². The molecule has 202 valence electrons. The number of aryl methyl sites for hydroxylation is 1. The van der Waals surface area contributed by atoms with Crippen LogP contribution < -0.4 is 11.0 Å². The first-order valence-corrected chi connectivity index (χ1v) is 14.0. The number of fused-ring (bicyclic) bond motifs is 2. The van der Waals surface area contributed by atoms with Gasteiger partial charge in [-0.3, -0.25) is 4.57 Å². The zero-order valence-electron chi connectivity index (χ0n) is 20.4. The number of carboxylic acid groups (broad SMARTS) is 1. The van der Waals surface area contributed by atoms with Gasteiger partial charge in [-0.2, -0.15) is 18.2 Å². The van der Waals surface area contributed by atoms with Crippen molar-refractivity contribution in [2.24, 2.45) is 0 Å². The lowest BCUT2D eigenvalue weighted by Gasteiger charge is -2.22. The van der Waals surface area contributed by atoms with E-state index in [1.807, 2.05) is 31.5 Å². The highest BCUT2D eigenvalue weighted by Gasteiger charge is 2.38. The van der Waals surface area contributed by atoms with E-state index in [2.05, 4.69) is 28.5 Å². The Kier molecular flexibility index (Phi) is 8.65. The highest BCUT2D eigenvalue weighted by atomic mass is 35.5. The highest BCUT2D eigenvalue weighted by Crippen LogP contribution is 2.43. The molecule has 1 aromatic carbocycles. The maximum atomic E-state index is 12.8. The summed E-state index contributed by atoms with van der Waals surface area (Å²) in [5.41, 5.74) is 4.04. The molecule has 3 heterocycles. The molecule has 1 unspecified atom stereocenters. The van der Waals surface area contributed by atoms with E-state index >= 15 is 0 Å². The van der Waals surface area contributed by atoms with Crippen LogP contribution in [-0.2, 0) is 11.3 Å². The third kappa shape index (κ3) is 6.31. The largest absolute Gasteiger partial charge is 0.490 e. The van der Waals surface area contributed by atoms with Crippen molar-refractivity contribution >= 4 is 52.8 Å². The Morgan fingerprint density at radius 1 is 1.29 bits per heavy atom. The molecule has 1 fully saturated rings. The molecule has 1 aliphatic heterocycles. The molecule has 1 saturated heterocycles. The number of hydrogen-bond donors (Lipinski definition) is 2. The molecule has 5 rings (SSSR count). The SMILES string of the molecule is CSc1nc(=O)n(C[C@@H]2CCCN2)cc1C1c2ccc(Cl)cc2C=Cc2sc(C)nc21.O=C(O)C(F)(F)F. The molecular weight excluding hydrogens is 561 g/mol. The molecule has 0 amide bonds. The number of aromatic nitrogens is 3. The normalized spacial score (nSPS) is 18.3. The monoisotopic (exact) mass is 584 g/mol. The maximum absolute atomic E-state index is 12.8. The Balaban J connectivity index is 0.000000426. The molecule has 2 aliphatic rings. The average molecular weight is 585 g/mol. The molecule has 0 spiro atoms. The summed E-state index contributed by atoms with van der Waals surface area (Å²) in [6.45, 7) is 3.68. The van der Waals surface area contributed by atoms with Crippen molar-refractivity contribution in [2.45, 2.75) is 49.5 Å². The van der Waals surface area contributed by atoms with E-state index in [4.69, 9.17) is 26.5 Å². The van der Waals surface area contributed by atoms with Crippen LogP contribution in [0.4, 0.5) is 13.2 Å². The summed E-state index contributed by atoms with van der Waals surface area (Å²) in [6, 6.07) is 6.31. The van der Waals surface area contributed by atoms with Crippen molar-refractivity contribution in [3.05, 3.63) is 72.2 Å².